The molecule has 20 heavy (non-hydrogen) atoms. The van der Waals surface area contributed by atoms with Crippen LogP contribution >= 0.6 is 15.9 Å². The van der Waals surface area contributed by atoms with E-state index in [1.165, 1.54) is 0 Å². The number of carbonyl (C=O) groups is 1. The highest BCUT2D eigenvalue weighted by atomic mass is 79.9. The smallest absolute Gasteiger partial charge is 0.267 e. The van der Waals surface area contributed by atoms with E-state index in [0.717, 1.165) is 10.0 Å². The molecular formula is C16H15BrN2O. The second kappa shape index (κ2) is 7.01. The van der Waals surface area contributed by atoms with Crippen LogP contribution in [-0.4, -0.2) is 12.1 Å². The molecule has 3 nitrogen and oxygen atoms in total. The molecule has 0 bridgehead atoms. The molecule has 0 aliphatic heterocycles. The molecule has 2 aromatic rings. The molecule has 0 fully saturated rings. The van der Waals surface area contributed by atoms with Crippen molar-refractivity contribution in [2.24, 2.45) is 5.10 Å². The third kappa shape index (κ3) is 4.03. The van der Waals surface area contributed by atoms with Crippen LogP contribution in [0.2, 0.25) is 0 Å². The van der Waals surface area contributed by atoms with Crippen LogP contribution in [0.1, 0.15) is 28.8 Å². The first-order valence-electron chi connectivity index (χ1n) is 6.31. The highest BCUT2D eigenvalue weighted by Gasteiger charge is 2.04. The number of rotatable bonds is 4. The molecule has 4 heteroatoms. The average molecular weight is 331 g/mol. The van der Waals surface area contributed by atoms with Crippen molar-refractivity contribution < 1.29 is 4.79 Å². The van der Waals surface area contributed by atoms with Crippen molar-refractivity contribution in [2.45, 2.75) is 12.8 Å². The highest BCUT2D eigenvalue weighted by molar-refractivity contribution is 9.10. The fourth-order valence-corrected chi connectivity index (χ4v) is 1.98. The number of benzene rings is 2. The van der Waals surface area contributed by atoms with Gasteiger partial charge in [-0.15, -0.1) is 0 Å². The Balaban J connectivity index is 1.93. The monoisotopic (exact) mass is 330 g/mol. The maximum atomic E-state index is 11.8. The minimum Gasteiger partial charge on any atom is -0.267 e. The minimum atomic E-state index is -0.214. The number of nitrogens with zero attached hydrogens (tertiary/aromatic N) is 1. The molecule has 0 heterocycles. The lowest BCUT2D eigenvalue weighted by Gasteiger charge is -2.05. The predicted octanol–water partition coefficient (Wildman–Crippen LogP) is 3.97. The number of hydrogen-bond acceptors (Lipinski definition) is 2. The number of halogens is 1. The molecular weight excluding hydrogens is 316 g/mol. The predicted molar refractivity (Wildman–Crippen MR) is 85.0 cm³/mol. The number of nitrogens with one attached hydrogen (secondary N) is 1. The van der Waals surface area contributed by atoms with Crippen molar-refractivity contribution in [2.75, 3.05) is 0 Å². The van der Waals surface area contributed by atoms with Gasteiger partial charge in [0.2, 0.25) is 0 Å². The molecule has 0 saturated carbocycles. The summed E-state index contributed by atoms with van der Waals surface area (Å²) >= 11 is 3.33. The maximum Gasteiger partial charge on any atom is 0.271 e. The van der Waals surface area contributed by atoms with E-state index in [2.05, 4.69) is 26.5 Å². The summed E-state index contributed by atoms with van der Waals surface area (Å²) in [4.78, 5) is 11.8. The van der Waals surface area contributed by atoms with Crippen LogP contribution in [-0.2, 0) is 0 Å². The lowest BCUT2D eigenvalue weighted by molar-refractivity contribution is 0.0955. The summed E-state index contributed by atoms with van der Waals surface area (Å²) < 4.78 is 0.940. The van der Waals surface area contributed by atoms with E-state index >= 15 is 0 Å². The van der Waals surface area contributed by atoms with Crippen molar-refractivity contribution >= 4 is 28.1 Å². The van der Waals surface area contributed by atoms with E-state index in [4.69, 9.17) is 0 Å². The average Bonchev–Trinajstić information content (AvgIpc) is 2.48. The third-order valence-corrected chi connectivity index (χ3v) is 3.42. The number of hydrogen-bond donors (Lipinski definition) is 1. The SMILES string of the molecule is C[C@H](/C=N/NC(=O)c1ccc(Br)cc1)c1ccccc1. The van der Waals surface area contributed by atoms with E-state index in [1.807, 2.05) is 49.4 Å². The minimum absolute atomic E-state index is 0.154. The van der Waals surface area contributed by atoms with E-state index in [9.17, 15) is 4.79 Å². The molecule has 1 amide bonds. The molecule has 0 radical (unpaired) electrons. The molecule has 2 rings (SSSR count). The molecule has 2 aromatic carbocycles. The van der Waals surface area contributed by atoms with Gasteiger partial charge < -0.3 is 0 Å². The van der Waals surface area contributed by atoms with Crippen LogP contribution in [0.25, 0.3) is 0 Å². The number of hydrazone groups is 1. The van der Waals surface area contributed by atoms with E-state index in [0.29, 0.717) is 5.56 Å². The molecule has 102 valence electrons. The zero-order chi connectivity index (χ0) is 14.4. The van der Waals surface area contributed by atoms with E-state index in [1.54, 1.807) is 18.3 Å². The number of amides is 1. The van der Waals surface area contributed by atoms with Crippen LogP contribution in [0.5, 0.6) is 0 Å². The van der Waals surface area contributed by atoms with Gasteiger partial charge in [0.05, 0.1) is 0 Å². The largest absolute Gasteiger partial charge is 0.271 e. The molecule has 1 N–H and O–H groups in total. The van der Waals surface area contributed by atoms with Gasteiger partial charge in [-0.2, -0.15) is 5.10 Å². The lowest BCUT2D eigenvalue weighted by atomic mass is 10.0. The van der Waals surface area contributed by atoms with Crippen molar-refractivity contribution in [3.8, 4) is 0 Å². The van der Waals surface area contributed by atoms with Gasteiger partial charge >= 0.3 is 0 Å². The number of carbonyl (C=O) groups excluding carboxylic acids is 1. The topological polar surface area (TPSA) is 41.5 Å². The fraction of sp³-hybridized carbons (Fsp3) is 0.125. The van der Waals surface area contributed by atoms with Crippen LogP contribution in [0, 0.1) is 0 Å². The van der Waals surface area contributed by atoms with Crippen molar-refractivity contribution in [1.29, 1.82) is 0 Å². The van der Waals surface area contributed by atoms with Crippen molar-refractivity contribution in [3.05, 3.63) is 70.2 Å². The summed E-state index contributed by atoms with van der Waals surface area (Å²) in [7, 11) is 0. The van der Waals surface area contributed by atoms with Gasteiger partial charge in [-0.05, 0) is 29.8 Å². The molecule has 0 aromatic heterocycles. The molecule has 0 saturated heterocycles. The van der Waals surface area contributed by atoms with Gasteiger partial charge in [-0.25, -0.2) is 5.43 Å². The molecule has 0 aliphatic carbocycles. The zero-order valence-corrected chi connectivity index (χ0v) is 12.7. The maximum absolute atomic E-state index is 11.8. The zero-order valence-electron chi connectivity index (χ0n) is 11.1. The molecule has 0 aliphatic rings. The van der Waals surface area contributed by atoms with Gasteiger partial charge in [-0.1, -0.05) is 53.2 Å². The Kier molecular flexibility index (Phi) is 5.07. The van der Waals surface area contributed by atoms with Crippen LogP contribution in [0.15, 0.2) is 64.2 Å². The Labute approximate surface area is 126 Å². The van der Waals surface area contributed by atoms with Crippen molar-refractivity contribution in [3.63, 3.8) is 0 Å². The molecule has 1 atom stereocenters. The van der Waals surface area contributed by atoms with Crippen LogP contribution < -0.4 is 5.43 Å². The summed E-state index contributed by atoms with van der Waals surface area (Å²) in [5.41, 5.74) is 4.28. The standard InChI is InChI=1S/C16H15BrN2O/c1-12(13-5-3-2-4-6-13)11-18-19-16(20)14-7-9-15(17)10-8-14/h2-12H,1H3,(H,19,20)/b18-11+/t12-/m1/s1. The quantitative estimate of drug-likeness (QED) is 0.668. The van der Waals surface area contributed by atoms with Gasteiger partial charge in [0, 0.05) is 22.2 Å². The van der Waals surface area contributed by atoms with Gasteiger partial charge in [0.15, 0.2) is 0 Å². The van der Waals surface area contributed by atoms with E-state index < -0.39 is 0 Å². The van der Waals surface area contributed by atoms with Gasteiger partial charge in [0.25, 0.3) is 5.91 Å². The van der Waals surface area contributed by atoms with E-state index in [-0.39, 0.29) is 11.8 Å². The Morgan fingerprint density at radius 2 is 1.80 bits per heavy atom. The van der Waals surface area contributed by atoms with Gasteiger partial charge in [0.1, 0.15) is 0 Å². The Morgan fingerprint density at radius 1 is 1.15 bits per heavy atom. The highest BCUT2D eigenvalue weighted by Crippen LogP contribution is 2.12. The first kappa shape index (κ1) is 14.5. The molecule has 0 unspecified atom stereocenters. The summed E-state index contributed by atoms with van der Waals surface area (Å²) in [6.45, 7) is 2.03. The Morgan fingerprint density at radius 3 is 2.45 bits per heavy atom. The van der Waals surface area contributed by atoms with Crippen LogP contribution in [0.3, 0.4) is 0 Å². The Hall–Kier alpha value is -1.94. The normalized spacial score (nSPS) is 12.3. The first-order valence-corrected chi connectivity index (χ1v) is 7.10. The molecule has 0 spiro atoms. The third-order valence-electron chi connectivity index (χ3n) is 2.90. The Bertz CT molecular complexity index is 594. The second-order valence-electron chi connectivity index (χ2n) is 4.43. The second-order valence-corrected chi connectivity index (χ2v) is 5.34. The van der Waals surface area contributed by atoms with Crippen molar-refractivity contribution in [1.82, 2.24) is 5.43 Å². The van der Waals surface area contributed by atoms with Gasteiger partial charge in [-0.3, -0.25) is 4.79 Å². The summed E-state index contributed by atoms with van der Waals surface area (Å²) in [6, 6.07) is 17.2. The van der Waals surface area contributed by atoms with Crippen LogP contribution in [0.4, 0.5) is 0 Å². The lowest BCUT2D eigenvalue weighted by Crippen LogP contribution is -2.17. The fourth-order valence-electron chi connectivity index (χ4n) is 1.72. The first-order chi connectivity index (χ1) is 9.66. The summed E-state index contributed by atoms with van der Waals surface area (Å²) in [5.74, 6) is -0.0598. The summed E-state index contributed by atoms with van der Waals surface area (Å²) in [5, 5.41) is 4.01. The summed E-state index contributed by atoms with van der Waals surface area (Å²) in [6.07, 6.45) is 1.73.